The molecule has 2 nitrogen and oxygen atoms in total. The molecule has 1 aliphatic rings. The predicted molar refractivity (Wildman–Crippen MR) is 77.2 cm³/mol. The number of esters is 1. The fraction of sp³-hybridized carbons (Fsp3) is 0.471. The Labute approximate surface area is 115 Å². The average Bonchev–Trinajstić information content (AvgIpc) is 3.24. The smallest absolute Gasteiger partial charge is 0.316 e. The molecule has 1 saturated carbocycles. The number of ether oxygens (including phenoxy) is 1. The van der Waals surface area contributed by atoms with Crippen molar-refractivity contribution >= 4 is 5.97 Å². The van der Waals surface area contributed by atoms with E-state index in [4.69, 9.17) is 4.74 Å². The summed E-state index contributed by atoms with van der Waals surface area (Å²) >= 11 is 0. The highest BCUT2D eigenvalue weighted by atomic mass is 16.5. The van der Waals surface area contributed by atoms with Crippen LogP contribution in [-0.2, 0) is 14.9 Å². The first-order valence-corrected chi connectivity index (χ1v) is 7.00. The van der Waals surface area contributed by atoms with Crippen molar-refractivity contribution < 1.29 is 9.53 Å². The van der Waals surface area contributed by atoms with Crippen LogP contribution in [0.3, 0.4) is 0 Å². The highest BCUT2D eigenvalue weighted by Gasteiger charge is 2.35. The van der Waals surface area contributed by atoms with Crippen LogP contribution in [0.25, 0.3) is 0 Å². The van der Waals surface area contributed by atoms with Crippen LogP contribution in [-0.4, -0.2) is 12.6 Å². The van der Waals surface area contributed by atoms with Crippen LogP contribution in [0, 0.1) is 0 Å². The van der Waals surface area contributed by atoms with E-state index in [9.17, 15) is 4.79 Å². The molecule has 1 aromatic rings. The lowest BCUT2D eigenvalue weighted by molar-refractivity contribution is -0.149. The van der Waals surface area contributed by atoms with Crippen LogP contribution < -0.4 is 0 Å². The maximum atomic E-state index is 12.2. The summed E-state index contributed by atoms with van der Waals surface area (Å²) in [6, 6.07) is 8.42. The molecular formula is C17H22O2. The molecule has 2 heteroatoms. The minimum absolute atomic E-state index is 0.172. The van der Waals surface area contributed by atoms with Crippen LogP contribution in [0.15, 0.2) is 36.9 Å². The summed E-state index contributed by atoms with van der Waals surface area (Å²) < 4.78 is 5.22. The van der Waals surface area contributed by atoms with Crippen molar-refractivity contribution in [2.45, 2.75) is 44.4 Å². The average molecular weight is 258 g/mol. The Balaban J connectivity index is 2.26. The highest BCUT2D eigenvalue weighted by Crippen LogP contribution is 2.41. The molecule has 0 radical (unpaired) electrons. The number of hydrogen-bond acceptors (Lipinski definition) is 2. The fourth-order valence-electron chi connectivity index (χ4n) is 2.44. The second-order valence-corrected chi connectivity index (χ2v) is 5.44. The van der Waals surface area contributed by atoms with Gasteiger partial charge in [0, 0.05) is 0 Å². The molecule has 0 heterocycles. The molecule has 0 aliphatic heterocycles. The van der Waals surface area contributed by atoms with Crippen molar-refractivity contribution in [3.05, 3.63) is 48.0 Å². The first-order chi connectivity index (χ1) is 9.11. The van der Waals surface area contributed by atoms with E-state index in [0.717, 1.165) is 11.5 Å². The van der Waals surface area contributed by atoms with Gasteiger partial charge in [-0.15, -0.1) is 6.58 Å². The first-order valence-electron chi connectivity index (χ1n) is 7.00. The molecule has 1 fully saturated rings. The van der Waals surface area contributed by atoms with Gasteiger partial charge in [-0.05, 0) is 50.2 Å². The van der Waals surface area contributed by atoms with Gasteiger partial charge in [0.25, 0.3) is 0 Å². The van der Waals surface area contributed by atoms with Gasteiger partial charge in [-0.1, -0.05) is 30.3 Å². The Morgan fingerprint density at radius 3 is 2.53 bits per heavy atom. The zero-order valence-electron chi connectivity index (χ0n) is 11.8. The van der Waals surface area contributed by atoms with E-state index in [2.05, 4.69) is 30.8 Å². The Bertz CT molecular complexity index is 457. The molecule has 1 aromatic carbocycles. The summed E-state index contributed by atoms with van der Waals surface area (Å²) in [4.78, 5) is 12.2. The topological polar surface area (TPSA) is 26.3 Å². The largest absolute Gasteiger partial charge is 0.465 e. The molecule has 0 aromatic heterocycles. The van der Waals surface area contributed by atoms with Gasteiger partial charge in [-0.3, -0.25) is 4.79 Å². The van der Waals surface area contributed by atoms with E-state index in [1.54, 1.807) is 6.08 Å². The van der Waals surface area contributed by atoms with Gasteiger partial charge < -0.3 is 4.74 Å². The van der Waals surface area contributed by atoms with Crippen LogP contribution >= 0.6 is 0 Å². The lowest BCUT2D eigenvalue weighted by Gasteiger charge is -2.26. The second-order valence-electron chi connectivity index (χ2n) is 5.44. The number of hydrogen-bond donors (Lipinski definition) is 0. The monoisotopic (exact) mass is 258 g/mol. The molecule has 2 rings (SSSR count). The van der Waals surface area contributed by atoms with E-state index in [1.165, 1.54) is 18.4 Å². The van der Waals surface area contributed by atoms with Crippen molar-refractivity contribution in [3.63, 3.8) is 0 Å². The molecule has 0 N–H and O–H groups in total. The molecule has 1 unspecified atom stereocenters. The Hall–Kier alpha value is -1.57. The molecule has 0 saturated heterocycles. The highest BCUT2D eigenvalue weighted by molar-refractivity contribution is 5.83. The number of benzene rings is 1. The van der Waals surface area contributed by atoms with E-state index < -0.39 is 5.41 Å². The zero-order valence-corrected chi connectivity index (χ0v) is 11.8. The maximum Gasteiger partial charge on any atom is 0.316 e. The van der Waals surface area contributed by atoms with Crippen molar-refractivity contribution in [1.29, 1.82) is 0 Å². The van der Waals surface area contributed by atoms with Gasteiger partial charge in [-0.25, -0.2) is 0 Å². The van der Waals surface area contributed by atoms with E-state index in [1.807, 2.05) is 13.8 Å². The number of carbonyl (C=O) groups is 1. The summed E-state index contributed by atoms with van der Waals surface area (Å²) in [6.07, 6.45) is 4.96. The van der Waals surface area contributed by atoms with Crippen molar-refractivity contribution in [2.24, 2.45) is 0 Å². The van der Waals surface area contributed by atoms with Crippen molar-refractivity contribution in [3.8, 4) is 0 Å². The van der Waals surface area contributed by atoms with Crippen molar-refractivity contribution in [1.82, 2.24) is 0 Å². The van der Waals surface area contributed by atoms with Crippen LogP contribution in [0.1, 0.15) is 50.2 Å². The van der Waals surface area contributed by atoms with E-state index in [-0.39, 0.29) is 5.97 Å². The molecule has 102 valence electrons. The standard InChI is InChI=1S/C17H22O2/c1-4-12-17(3,16(18)19-5-2)15-10-8-14(9-11-15)13-6-7-13/h4,8-11,13H,1,5-7,12H2,2-3H3. The van der Waals surface area contributed by atoms with Gasteiger partial charge in [0.2, 0.25) is 0 Å². The van der Waals surface area contributed by atoms with Crippen LogP contribution in [0.2, 0.25) is 0 Å². The fourth-order valence-corrected chi connectivity index (χ4v) is 2.44. The molecule has 19 heavy (non-hydrogen) atoms. The lowest BCUT2D eigenvalue weighted by atomic mass is 9.79. The minimum atomic E-state index is -0.625. The zero-order chi connectivity index (χ0) is 13.9. The molecule has 0 bridgehead atoms. The first kappa shape index (κ1) is 13.9. The van der Waals surface area contributed by atoms with Gasteiger partial charge in [-0.2, -0.15) is 0 Å². The predicted octanol–water partition coefficient (Wildman–Crippen LogP) is 3.96. The Kier molecular flexibility index (Phi) is 4.08. The quantitative estimate of drug-likeness (QED) is 0.570. The SMILES string of the molecule is C=CCC(C)(C(=O)OCC)c1ccc(C2CC2)cc1. The Morgan fingerprint density at radius 2 is 2.05 bits per heavy atom. The van der Waals surface area contributed by atoms with Gasteiger partial charge in [0.1, 0.15) is 0 Å². The molecule has 0 amide bonds. The lowest BCUT2D eigenvalue weighted by Crippen LogP contribution is -2.34. The number of rotatable bonds is 6. The maximum absolute atomic E-state index is 12.2. The molecular weight excluding hydrogens is 236 g/mol. The van der Waals surface area contributed by atoms with Crippen LogP contribution in [0.4, 0.5) is 0 Å². The third kappa shape index (κ3) is 2.89. The third-order valence-corrected chi connectivity index (χ3v) is 3.88. The normalized spacial score (nSPS) is 17.6. The molecule has 1 atom stereocenters. The summed E-state index contributed by atoms with van der Waals surface area (Å²) in [5.41, 5.74) is 1.77. The van der Waals surface area contributed by atoms with E-state index in [0.29, 0.717) is 13.0 Å². The number of carbonyl (C=O) groups excluding carboxylic acids is 1. The Morgan fingerprint density at radius 1 is 1.42 bits per heavy atom. The third-order valence-electron chi connectivity index (χ3n) is 3.88. The summed E-state index contributed by atoms with van der Waals surface area (Å²) in [5.74, 6) is 0.566. The molecule has 0 spiro atoms. The van der Waals surface area contributed by atoms with E-state index >= 15 is 0 Å². The minimum Gasteiger partial charge on any atom is -0.465 e. The molecule has 1 aliphatic carbocycles. The van der Waals surface area contributed by atoms with Gasteiger partial charge >= 0.3 is 5.97 Å². The summed E-state index contributed by atoms with van der Waals surface area (Å²) in [7, 11) is 0. The van der Waals surface area contributed by atoms with Gasteiger partial charge in [0.05, 0.1) is 12.0 Å². The van der Waals surface area contributed by atoms with Crippen LogP contribution in [0.5, 0.6) is 0 Å². The number of allylic oxidation sites excluding steroid dienone is 1. The van der Waals surface area contributed by atoms with Crippen molar-refractivity contribution in [2.75, 3.05) is 6.61 Å². The summed E-state index contributed by atoms with van der Waals surface area (Å²) in [6.45, 7) is 7.94. The summed E-state index contributed by atoms with van der Waals surface area (Å²) in [5, 5.41) is 0. The second kappa shape index (κ2) is 5.60. The van der Waals surface area contributed by atoms with Gasteiger partial charge in [0.15, 0.2) is 0 Å².